The molecule has 0 aliphatic heterocycles. The van der Waals surface area contributed by atoms with Gasteiger partial charge in [0.1, 0.15) is 0 Å². The maximum absolute atomic E-state index is 11.2. The van der Waals surface area contributed by atoms with Crippen LogP contribution < -0.4 is 5.73 Å². The molecule has 3 nitrogen and oxygen atoms in total. The van der Waals surface area contributed by atoms with Gasteiger partial charge < -0.3 is 5.73 Å². The fraction of sp³-hybridized carbons (Fsp3) is 0.333. The average molecular weight is 240 g/mol. The van der Waals surface area contributed by atoms with Crippen LogP contribution in [-0.4, -0.2) is 11.7 Å². The Kier molecular flexibility index (Phi) is 4.07. The third-order valence-corrected chi connectivity index (χ3v) is 2.83. The minimum Gasteiger partial charge on any atom is -0.369 e. The molecule has 0 saturated heterocycles. The van der Waals surface area contributed by atoms with E-state index in [2.05, 4.69) is 0 Å². The van der Waals surface area contributed by atoms with Gasteiger partial charge in [0.2, 0.25) is 5.91 Å². The number of benzene rings is 1. The van der Waals surface area contributed by atoms with Crippen LogP contribution >= 0.6 is 11.6 Å². The highest BCUT2D eigenvalue weighted by atomic mass is 35.5. The Morgan fingerprint density at radius 1 is 1.44 bits per heavy atom. The topological polar surface area (TPSA) is 60.2 Å². The molecule has 0 saturated carbocycles. The summed E-state index contributed by atoms with van der Waals surface area (Å²) in [5, 5.41) is 0.554. The predicted molar refractivity (Wildman–Crippen MR) is 63.5 cm³/mol. The first-order chi connectivity index (χ1) is 7.41. The van der Waals surface area contributed by atoms with Crippen LogP contribution in [0.5, 0.6) is 0 Å². The number of hydrogen-bond acceptors (Lipinski definition) is 2. The van der Waals surface area contributed by atoms with Crippen molar-refractivity contribution in [3.8, 4) is 0 Å². The first kappa shape index (κ1) is 12.7. The van der Waals surface area contributed by atoms with Crippen LogP contribution in [-0.2, 0) is 11.2 Å². The van der Waals surface area contributed by atoms with Crippen molar-refractivity contribution < 1.29 is 9.59 Å². The van der Waals surface area contributed by atoms with E-state index in [1.54, 1.807) is 25.1 Å². The number of Topliss-reactive ketones (excluding diaryl/α,β-unsaturated/α-hetero) is 1. The van der Waals surface area contributed by atoms with Crippen molar-refractivity contribution in [1.29, 1.82) is 0 Å². The van der Waals surface area contributed by atoms with Gasteiger partial charge in [0.15, 0.2) is 5.78 Å². The quantitative estimate of drug-likeness (QED) is 0.819. The van der Waals surface area contributed by atoms with Crippen molar-refractivity contribution in [3.05, 3.63) is 34.3 Å². The normalized spacial score (nSPS) is 12.2. The van der Waals surface area contributed by atoms with Gasteiger partial charge in [0, 0.05) is 16.5 Å². The number of carbonyl (C=O) groups is 2. The number of carbonyl (C=O) groups excluding carboxylic acids is 2. The van der Waals surface area contributed by atoms with E-state index in [0.717, 1.165) is 5.56 Å². The summed E-state index contributed by atoms with van der Waals surface area (Å²) in [7, 11) is 0. The van der Waals surface area contributed by atoms with E-state index in [0.29, 0.717) is 17.0 Å². The molecule has 2 N–H and O–H groups in total. The van der Waals surface area contributed by atoms with E-state index >= 15 is 0 Å². The number of hydrogen-bond donors (Lipinski definition) is 1. The summed E-state index contributed by atoms with van der Waals surface area (Å²) in [5.74, 6) is -0.686. The summed E-state index contributed by atoms with van der Waals surface area (Å²) in [6, 6.07) is 5.05. The van der Waals surface area contributed by atoms with E-state index in [1.165, 1.54) is 6.92 Å². The lowest BCUT2D eigenvalue weighted by atomic mass is 9.98. The van der Waals surface area contributed by atoms with Crippen LogP contribution in [0, 0.1) is 5.92 Å². The largest absolute Gasteiger partial charge is 0.369 e. The van der Waals surface area contributed by atoms with Crippen molar-refractivity contribution in [2.24, 2.45) is 11.7 Å². The molecule has 4 heteroatoms. The number of primary amides is 1. The summed E-state index contributed by atoms with van der Waals surface area (Å²) in [6.45, 7) is 3.23. The van der Waals surface area contributed by atoms with E-state index in [-0.39, 0.29) is 17.6 Å². The second-order valence-corrected chi connectivity index (χ2v) is 4.28. The highest BCUT2D eigenvalue weighted by Gasteiger charge is 2.13. The summed E-state index contributed by atoms with van der Waals surface area (Å²) < 4.78 is 0. The minimum atomic E-state index is -0.371. The lowest BCUT2D eigenvalue weighted by molar-refractivity contribution is -0.121. The van der Waals surface area contributed by atoms with Gasteiger partial charge in [-0.2, -0.15) is 0 Å². The monoisotopic (exact) mass is 239 g/mol. The maximum atomic E-state index is 11.2. The number of nitrogens with two attached hydrogens (primary N) is 1. The molecular weight excluding hydrogens is 226 g/mol. The Labute approximate surface area is 99.6 Å². The average Bonchev–Trinajstić information content (AvgIpc) is 2.20. The van der Waals surface area contributed by atoms with Crippen LogP contribution in [0.2, 0.25) is 5.02 Å². The predicted octanol–water partition coefficient (Wildman–Crippen LogP) is 2.21. The second-order valence-electron chi connectivity index (χ2n) is 3.87. The Balaban J connectivity index is 2.98. The minimum absolute atomic E-state index is 0.0235. The lowest BCUT2D eigenvalue weighted by Gasteiger charge is -2.09. The fourth-order valence-electron chi connectivity index (χ4n) is 1.38. The van der Waals surface area contributed by atoms with E-state index < -0.39 is 0 Å². The molecule has 0 spiro atoms. The van der Waals surface area contributed by atoms with Crippen molar-refractivity contribution in [3.63, 3.8) is 0 Å². The Hall–Kier alpha value is -1.35. The van der Waals surface area contributed by atoms with E-state index in [9.17, 15) is 9.59 Å². The molecule has 16 heavy (non-hydrogen) atoms. The Bertz CT molecular complexity index is 429. The van der Waals surface area contributed by atoms with Crippen molar-refractivity contribution in [1.82, 2.24) is 0 Å². The zero-order valence-electron chi connectivity index (χ0n) is 9.29. The highest BCUT2D eigenvalue weighted by Crippen LogP contribution is 2.21. The number of amides is 1. The molecule has 1 aromatic rings. The van der Waals surface area contributed by atoms with Gasteiger partial charge in [-0.1, -0.05) is 18.5 Å². The lowest BCUT2D eigenvalue weighted by Crippen LogP contribution is -2.22. The Morgan fingerprint density at radius 3 is 2.56 bits per heavy atom. The van der Waals surface area contributed by atoms with Gasteiger partial charge in [-0.15, -0.1) is 0 Å². The zero-order valence-corrected chi connectivity index (χ0v) is 10.0. The van der Waals surface area contributed by atoms with Crippen LogP contribution in [0.15, 0.2) is 18.2 Å². The third-order valence-electron chi connectivity index (χ3n) is 2.46. The van der Waals surface area contributed by atoms with Gasteiger partial charge in [0.05, 0.1) is 0 Å². The molecular formula is C12H14ClNO2. The van der Waals surface area contributed by atoms with E-state index in [4.69, 9.17) is 17.3 Å². The standard InChI is InChI=1S/C12H14ClNO2/c1-7(12(14)16)5-10-6-9(8(2)15)3-4-11(10)13/h3-4,6-7H,5H2,1-2H3,(H2,14,16). The van der Waals surface area contributed by atoms with Crippen molar-refractivity contribution in [2.45, 2.75) is 20.3 Å². The first-order valence-electron chi connectivity index (χ1n) is 5.00. The van der Waals surface area contributed by atoms with Crippen LogP contribution in [0.3, 0.4) is 0 Å². The van der Waals surface area contributed by atoms with E-state index in [1.807, 2.05) is 0 Å². The van der Waals surface area contributed by atoms with Crippen molar-refractivity contribution in [2.75, 3.05) is 0 Å². The molecule has 1 unspecified atom stereocenters. The number of rotatable bonds is 4. The Morgan fingerprint density at radius 2 is 2.06 bits per heavy atom. The molecule has 1 amide bonds. The number of halogens is 1. The second kappa shape index (κ2) is 5.12. The summed E-state index contributed by atoms with van der Waals surface area (Å²) >= 11 is 5.99. The molecule has 0 aliphatic carbocycles. The number of ketones is 1. The zero-order chi connectivity index (χ0) is 12.3. The molecule has 0 fully saturated rings. The molecule has 86 valence electrons. The molecule has 0 heterocycles. The van der Waals surface area contributed by atoms with Crippen LogP contribution in [0.25, 0.3) is 0 Å². The first-order valence-corrected chi connectivity index (χ1v) is 5.38. The molecule has 0 aromatic heterocycles. The van der Waals surface area contributed by atoms with Gasteiger partial charge in [-0.3, -0.25) is 9.59 Å². The molecule has 1 aromatic carbocycles. The van der Waals surface area contributed by atoms with Crippen molar-refractivity contribution >= 4 is 23.3 Å². The summed E-state index contributed by atoms with van der Waals surface area (Å²) in [6.07, 6.45) is 0.454. The SMILES string of the molecule is CC(=O)c1ccc(Cl)c(CC(C)C(N)=O)c1. The molecule has 1 rings (SSSR count). The molecule has 0 aliphatic rings. The maximum Gasteiger partial charge on any atom is 0.220 e. The van der Waals surface area contributed by atoms with Crippen LogP contribution in [0.4, 0.5) is 0 Å². The van der Waals surface area contributed by atoms with Crippen LogP contribution in [0.1, 0.15) is 29.8 Å². The fourth-order valence-corrected chi connectivity index (χ4v) is 1.58. The third kappa shape index (κ3) is 3.07. The van der Waals surface area contributed by atoms with Gasteiger partial charge in [-0.05, 0) is 37.1 Å². The molecule has 1 atom stereocenters. The van der Waals surface area contributed by atoms with Gasteiger partial charge in [-0.25, -0.2) is 0 Å². The summed E-state index contributed by atoms with van der Waals surface area (Å²) in [5.41, 5.74) is 6.55. The molecule has 0 bridgehead atoms. The van der Waals surface area contributed by atoms with Gasteiger partial charge in [0.25, 0.3) is 0 Å². The highest BCUT2D eigenvalue weighted by molar-refractivity contribution is 6.31. The summed E-state index contributed by atoms with van der Waals surface area (Å²) in [4.78, 5) is 22.1. The van der Waals surface area contributed by atoms with Gasteiger partial charge >= 0.3 is 0 Å². The smallest absolute Gasteiger partial charge is 0.220 e. The molecule has 0 radical (unpaired) electrons.